The summed E-state index contributed by atoms with van der Waals surface area (Å²) in [6, 6.07) is 15.6. The topological polar surface area (TPSA) is 49.3 Å². The molecule has 0 heterocycles. The number of rotatable bonds is 5. The van der Waals surface area contributed by atoms with Gasteiger partial charge in [-0.2, -0.15) is 0 Å². The van der Waals surface area contributed by atoms with E-state index in [4.69, 9.17) is 0 Å². The number of nitrogens with one attached hydrogen (secondary N) is 1. The zero-order valence-electron chi connectivity index (χ0n) is 14.2. The summed E-state index contributed by atoms with van der Waals surface area (Å²) in [6.07, 6.45) is 6.14. The number of carbonyl (C=O) groups is 1. The Labute approximate surface area is 157 Å². The number of aromatic hydroxyl groups is 1. The normalized spacial score (nSPS) is 16.4. The first-order valence-electron chi connectivity index (χ1n) is 8.96. The van der Waals surface area contributed by atoms with Crippen LogP contribution in [0.1, 0.15) is 55.6 Å². The minimum Gasteiger partial charge on any atom is -0.508 e. The zero-order chi connectivity index (χ0) is 17.6. The lowest BCUT2D eigenvalue weighted by Gasteiger charge is -2.25. The number of benzene rings is 2. The Balaban J connectivity index is 1.81. The molecule has 2 aromatic rings. The molecule has 3 nitrogen and oxygen atoms in total. The summed E-state index contributed by atoms with van der Waals surface area (Å²) >= 11 is 3.47. The molecule has 2 aromatic carbocycles. The summed E-state index contributed by atoms with van der Waals surface area (Å²) in [5.74, 6) is 0.116. The van der Waals surface area contributed by atoms with Crippen LogP contribution in [0.5, 0.6) is 5.75 Å². The van der Waals surface area contributed by atoms with Crippen molar-refractivity contribution in [2.45, 2.75) is 50.5 Å². The van der Waals surface area contributed by atoms with Crippen LogP contribution in [-0.4, -0.2) is 17.1 Å². The van der Waals surface area contributed by atoms with Crippen LogP contribution in [-0.2, 0) is 4.79 Å². The van der Waals surface area contributed by atoms with Gasteiger partial charge in [0.05, 0.1) is 0 Å². The van der Waals surface area contributed by atoms with E-state index in [0.717, 1.165) is 28.4 Å². The van der Waals surface area contributed by atoms with E-state index in [0.29, 0.717) is 12.5 Å². The predicted octanol–water partition coefficient (Wildman–Crippen LogP) is 5.13. The summed E-state index contributed by atoms with van der Waals surface area (Å²) in [5.41, 5.74) is 1.81. The molecule has 1 fully saturated rings. The molecule has 2 N–H and O–H groups in total. The molecular weight excluding hydrogens is 378 g/mol. The zero-order valence-corrected chi connectivity index (χ0v) is 15.8. The van der Waals surface area contributed by atoms with E-state index in [1.54, 1.807) is 6.07 Å². The number of phenolic OH excluding ortho intramolecular Hbond substituents is 1. The summed E-state index contributed by atoms with van der Waals surface area (Å²) < 4.78 is 0.897. The maximum Gasteiger partial charge on any atom is 0.221 e. The van der Waals surface area contributed by atoms with Crippen molar-refractivity contribution < 1.29 is 9.90 Å². The van der Waals surface area contributed by atoms with Gasteiger partial charge in [-0.3, -0.25) is 4.79 Å². The molecule has 0 aromatic heterocycles. The first-order valence-corrected chi connectivity index (χ1v) is 9.75. The molecule has 0 spiro atoms. The van der Waals surface area contributed by atoms with E-state index >= 15 is 0 Å². The second-order valence-electron chi connectivity index (χ2n) is 6.77. The lowest BCUT2D eigenvalue weighted by molar-refractivity contribution is -0.122. The molecule has 1 aliphatic rings. The lowest BCUT2D eigenvalue weighted by Crippen LogP contribution is -2.36. The largest absolute Gasteiger partial charge is 0.508 e. The molecule has 0 saturated heterocycles. The highest BCUT2D eigenvalue weighted by Crippen LogP contribution is 2.35. The van der Waals surface area contributed by atoms with Crippen molar-refractivity contribution >= 4 is 21.8 Å². The third-order valence-corrected chi connectivity index (χ3v) is 5.42. The van der Waals surface area contributed by atoms with Gasteiger partial charge in [-0.25, -0.2) is 0 Å². The molecule has 4 heteroatoms. The average molecular weight is 402 g/mol. The van der Waals surface area contributed by atoms with E-state index in [1.165, 1.54) is 19.3 Å². The van der Waals surface area contributed by atoms with E-state index < -0.39 is 0 Å². The summed E-state index contributed by atoms with van der Waals surface area (Å²) in [4.78, 5) is 12.7. The van der Waals surface area contributed by atoms with E-state index in [9.17, 15) is 9.90 Å². The third-order valence-electron chi connectivity index (χ3n) is 4.93. The fraction of sp³-hybridized carbons (Fsp3) is 0.381. The Bertz CT molecular complexity index is 711. The van der Waals surface area contributed by atoms with Gasteiger partial charge in [-0.15, -0.1) is 0 Å². The fourth-order valence-electron chi connectivity index (χ4n) is 3.62. The van der Waals surface area contributed by atoms with Gasteiger partial charge in [0, 0.05) is 28.4 Å². The monoisotopic (exact) mass is 401 g/mol. The molecule has 25 heavy (non-hydrogen) atoms. The number of hydrogen-bond donors (Lipinski definition) is 2. The molecule has 0 bridgehead atoms. The van der Waals surface area contributed by atoms with Crippen molar-refractivity contribution in [3.05, 3.63) is 64.1 Å². The molecule has 0 radical (unpaired) electrons. The first kappa shape index (κ1) is 18.0. The van der Waals surface area contributed by atoms with Gasteiger partial charge in [-0.05, 0) is 36.6 Å². The quantitative estimate of drug-likeness (QED) is 0.729. The molecule has 0 unspecified atom stereocenters. The van der Waals surface area contributed by atoms with Crippen molar-refractivity contribution in [2.24, 2.45) is 0 Å². The fourth-order valence-corrected chi connectivity index (χ4v) is 3.99. The van der Waals surface area contributed by atoms with E-state index in [2.05, 4.69) is 21.2 Å². The molecular formula is C21H24BrNO2. The number of halogens is 1. The van der Waals surface area contributed by atoms with Crippen LogP contribution < -0.4 is 5.32 Å². The number of amides is 1. The molecule has 1 atom stereocenters. The van der Waals surface area contributed by atoms with E-state index in [1.807, 2.05) is 42.5 Å². The van der Waals surface area contributed by atoms with E-state index in [-0.39, 0.29) is 17.6 Å². The molecule has 1 amide bonds. The van der Waals surface area contributed by atoms with Crippen LogP contribution >= 0.6 is 15.9 Å². The Morgan fingerprint density at radius 1 is 1.12 bits per heavy atom. The van der Waals surface area contributed by atoms with Crippen LogP contribution in [0, 0.1) is 0 Å². The van der Waals surface area contributed by atoms with Crippen molar-refractivity contribution in [3.63, 3.8) is 0 Å². The maximum absolute atomic E-state index is 12.7. The van der Waals surface area contributed by atoms with Gasteiger partial charge in [0.15, 0.2) is 0 Å². The number of hydrogen-bond acceptors (Lipinski definition) is 2. The number of carbonyl (C=O) groups excluding carboxylic acids is 1. The van der Waals surface area contributed by atoms with Crippen LogP contribution in [0.25, 0.3) is 0 Å². The first-order chi connectivity index (χ1) is 12.1. The molecule has 0 aliphatic heterocycles. The van der Waals surface area contributed by atoms with Gasteiger partial charge in [0.2, 0.25) is 5.91 Å². The minimum atomic E-state index is -0.165. The number of phenols is 1. The molecule has 3 rings (SSSR count). The van der Waals surface area contributed by atoms with Crippen molar-refractivity contribution in [1.82, 2.24) is 5.32 Å². The lowest BCUT2D eigenvalue weighted by atomic mass is 9.87. The second kappa shape index (κ2) is 8.52. The van der Waals surface area contributed by atoms with Crippen LogP contribution in [0.3, 0.4) is 0 Å². The maximum atomic E-state index is 12.7. The standard InChI is InChI=1S/C21H24BrNO2/c22-16-11-12-20(24)19(13-16)18(15-7-3-1-4-8-15)14-21(25)23-17-9-5-2-6-10-17/h1,3-4,7-8,11-13,17-18,24H,2,5-6,9-10,14H2,(H,23,25)/t18-/m0/s1. The molecule has 1 saturated carbocycles. The highest BCUT2D eigenvalue weighted by atomic mass is 79.9. The van der Waals surface area contributed by atoms with Gasteiger partial charge >= 0.3 is 0 Å². The molecule has 1 aliphatic carbocycles. The van der Waals surface area contributed by atoms with Crippen molar-refractivity contribution in [3.8, 4) is 5.75 Å². The second-order valence-corrected chi connectivity index (χ2v) is 7.69. The van der Waals surface area contributed by atoms with Crippen LogP contribution in [0.4, 0.5) is 0 Å². The summed E-state index contributed by atoms with van der Waals surface area (Å²) in [6.45, 7) is 0. The predicted molar refractivity (Wildman–Crippen MR) is 104 cm³/mol. The van der Waals surface area contributed by atoms with Gasteiger partial charge in [0.1, 0.15) is 5.75 Å². The summed E-state index contributed by atoms with van der Waals surface area (Å²) in [7, 11) is 0. The smallest absolute Gasteiger partial charge is 0.221 e. The summed E-state index contributed by atoms with van der Waals surface area (Å²) in [5, 5.41) is 13.5. The highest BCUT2D eigenvalue weighted by molar-refractivity contribution is 9.10. The average Bonchev–Trinajstić information content (AvgIpc) is 2.63. The van der Waals surface area contributed by atoms with Gasteiger partial charge in [-0.1, -0.05) is 65.5 Å². The van der Waals surface area contributed by atoms with Crippen LogP contribution in [0.15, 0.2) is 53.0 Å². The van der Waals surface area contributed by atoms with Crippen molar-refractivity contribution in [1.29, 1.82) is 0 Å². The van der Waals surface area contributed by atoms with Gasteiger partial charge < -0.3 is 10.4 Å². The third kappa shape index (κ3) is 4.85. The Kier molecular flexibility index (Phi) is 6.14. The molecule has 132 valence electrons. The minimum absolute atomic E-state index is 0.0557. The highest BCUT2D eigenvalue weighted by Gasteiger charge is 2.23. The van der Waals surface area contributed by atoms with Gasteiger partial charge in [0.25, 0.3) is 0 Å². The van der Waals surface area contributed by atoms with Crippen molar-refractivity contribution in [2.75, 3.05) is 0 Å². The Morgan fingerprint density at radius 3 is 2.56 bits per heavy atom. The Hall–Kier alpha value is -1.81. The Morgan fingerprint density at radius 2 is 1.84 bits per heavy atom. The SMILES string of the molecule is O=C(C[C@@H](c1ccccc1)c1cc(Br)ccc1O)NC1CCCCC1. The van der Waals surface area contributed by atoms with Crippen LogP contribution in [0.2, 0.25) is 0 Å².